The Morgan fingerprint density at radius 2 is 2.28 bits per heavy atom. The molecule has 138 valence electrons. The molecule has 0 radical (unpaired) electrons. The lowest BCUT2D eigenvalue weighted by Crippen LogP contribution is -2.58. The van der Waals surface area contributed by atoms with Crippen LogP contribution < -0.4 is 15.4 Å². The number of hydrogen-bond donors (Lipinski definition) is 3. The van der Waals surface area contributed by atoms with E-state index in [1.165, 1.54) is 4.90 Å². The van der Waals surface area contributed by atoms with Gasteiger partial charge in [-0.05, 0) is 25.5 Å². The van der Waals surface area contributed by atoms with Crippen LogP contribution in [0.25, 0.3) is 0 Å². The highest BCUT2D eigenvalue weighted by atomic mass is 16.5. The summed E-state index contributed by atoms with van der Waals surface area (Å²) in [6.45, 7) is 4.11. The van der Waals surface area contributed by atoms with E-state index < -0.39 is 6.04 Å². The van der Waals surface area contributed by atoms with Crippen molar-refractivity contribution in [2.24, 2.45) is 0 Å². The number of piperazine rings is 1. The molecule has 0 aliphatic carbocycles. The topological polar surface area (TPSA) is 100 Å². The Morgan fingerprint density at radius 1 is 1.44 bits per heavy atom. The van der Waals surface area contributed by atoms with E-state index in [0.29, 0.717) is 44.3 Å². The molecular formula is C17H25N3O5. The highest BCUT2D eigenvalue weighted by Gasteiger charge is 2.32. The maximum Gasteiger partial charge on any atom is 0.322 e. The van der Waals surface area contributed by atoms with Gasteiger partial charge in [-0.1, -0.05) is 6.07 Å². The zero-order valence-corrected chi connectivity index (χ0v) is 14.4. The van der Waals surface area contributed by atoms with Crippen LogP contribution in [-0.4, -0.2) is 67.5 Å². The first-order valence-electron chi connectivity index (χ1n) is 8.42. The third kappa shape index (κ3) is 5.61. The van der Waals surface area contributed by atoms with Crippen molar-refractivity contribution < 1.29 is 24.2 Å². The van der Waals surface area contributed by atoms with Gasteiger partial charge in [-0.15, -0.1) is 0 Å². The second-order valence-electron chi connectivity index (χ2n) is 5.52. The summed E-state index contributed by atoms with van der Waals surface area (Å²) in [4.78, 5) is 25.8. The molecule has 8 heteroatoms. The van der Waals surface area contributed by atoms with E-state index in [0.717, 1.165) is 0 Å². The number of carbonyl (C=O) groups is 2. The average Bonchev–Trinajstić information content (AvgIpc) is 2.61. The Kier molecular flexibility index (Phi) is 7.49. The van der Waals surface area contributed by atoms with Crippen molar-refractivity contribution in [1.29, 1.82) is 0 Å². The van der Waals surface area contributed by atoms with Crippen molar-refractivity contribution in [3.63, 3.8) is 0 Å². The summed E-state index contributed by atoms with van der Waals surface area (Å²) >= 11 is 0. The Hall–Kier alpha value is -2.32. The monoisotopic (exact) mass is 351 g/mol. The lowest BCUT2D eigenvalue weighted by Gasteiger charge is -2.34. The molecule has 25 heavy (non-hydrogen) atoms. The number of hydrogen-bond acceptors (Lipinski definition) is 5. The van der Waals surface area contributed by atoms with Gasteiger partial charge in [0.05, 0.1) is 6.61 Å². The summed E-state index contributed by atoms with van der Waals surface area (Å²) in [6.07, 6.45) is 0.208. The molecule has 1 aromatic rings. The molecule has 2 rings (SSSR count). The fourth-order valence-corrected chi connectivity index (χ4v) is 2.59. The molecule has 3 amide bonds. The van der Waals surface area contributed by atoms with Crippen LogP contribution in [0.5, 0.6) is 5.75 Å². The number of ether oxygens (including phenoxy) is 2. The Morgan fingerprint density at radius 3 is 3.04 bits per heavy atom. The summed E-state index contributed by atoms with van der Waals surface area (Å²) in [5.74, 6) is 0.379. The fourth-order valence-electron chi connectivity index (χ4n) is 2.59. The summed E-state index contributed by atoms with van der Waals surface area (Å²) in [5, 5.41) is 14.6. The molecule has 0 unspecified atom stereocenters. The molecule has 0 saturated carbocycles. The van der Waals surface area contributed by atoms with Gasteiger partial charge >= 0.3 is 6.03 Å². The van der Waals surface area contributed by atoms with Crippen molar-refractivity contribution in [3.05, 3.63) is 24.3 Å². The molecule has 0 bridgehead atoms. The Labute approximate surface area is 147 Å². The van der Waals surface area contributed by atoms with Gasteiger partial charge in [0.25, 0.3) is 0 Å². The van der Waals surface area contributed by atoms with E-state index in [-0.39, 0.29) is 25.0 Å². The second-order valence-corrected chi connectivity index (χ2v) is 5.52. The van der Waals surface area contributed by atoms with E-state index >= 15 is 0 Å². The van der Waals surface area contributed by atoms with E-state index in [4.69, 9.17) is 14.6 Å². The maximum atomic E-state index is 12.5. The number of amides is 3. The zero-order chi connectivity index (χ0) is 18.1. The Balaban J connectivity index is 1.95. The SMILES string of the molecule is CCOCCOc1cccc(NC(=O)N2CCNC(=O)[C@H]2CCO)c1. The molecule has 1 fully saturated rings. The predicted octanol–water partition coefficient (Wildman–Crippen LogP) is 0.817. The molecule has 3 N–H and O–H groups in total. The van der Waals surface area contributed by atoms with Crippen LogP contribution in [-0.2, 0) is 9.53 Å². The predicted molar refractivity (Wildman–Crippen MR) is 92.7 cm³/mol. The van der Waals surface area contributed by atoms with Gasteiger partial charge in [0.1, 0.15) is 18.4 Å². The third-order valence-corrected chi connectivity index (χ3v) is 3.78. The quantitative estimate of drug-likeness (QED) is 0.602. The molecule has 0 aromatic heterocycles. The van der Waals surface area contributed by atoms with Gasteiger partial charge in [0, 0.05) is 38.1 Å². The number of nitrogens with zero attached hydrogens (tertiary/aromatic N) is 1. The molecule has 0 spiro atoms. The molecule has 8 nitrogen and oxygen atoms in total. The first-order chi connectivity index (χ1) is 12.2. The summed E-state index contributed by atoms with van der Waals surface area (Å²) in [5.41, 5.74) is 0.577. The van der Waals surface area contributed by atoms with Crippen molar-refractivity contribution >= 4 is 17.6 Å². The van der Waals surface area contributed by atoms with E-state index in [1.54, 1.807) is 24.3 Å². The Bertz CT molecular complexity index is 581. The molecule has 1 aliphatic rings. The van der Waals surface area contributed by atoms with Crippen LogP contribution >= 0.6 is 0 Å². The summed E-state index contributed by atoms with van der Waals surface area (Å²) in [6, 6.07) is 6.00. The van der Waals surface area contributed by atoms with Gasteiger partial charge in [-0.25, -0.2) is 4.79 Å². The number of nitrogens with one attached hydrogen (secondary N) is 2. The van der Waals surface area contributed by atoms with Gasteiger partial charge in [-0.2, -0.15) is 0 Å². The molecule has 1 atom stereocenters. The molecule has 1 saturated heterocycles. The fraction of sp³-hybridized carbons (Fsp3) is 0.529. The van der Waals surface area contributed by atoms with Gasteiger partial charge < -0.3 is 30.1 Å². The standard InChI is InChI=1S/C17H25N3O5/c1-2-24-10-11-25-14-5-3-4-13(12-14)19-17(23)20-8-7-18-16(22)15(20)6-9-21/h3-5,12,15,21H,2,6-11H2,1H3,(H,18,22)(H,19,23)/t15-/m1/s1. The zero-order valence-electron chi connectivity index (χ0n) is 14.4. The number of aliphatic hydroxyl groups is 1. The van der Waals surface area contributed by atoms with Crippen molar-refractivity contribution in [2.45, 2.75) is 19.4 Å². The van der Waals surface area contributed by atoms with E-state index in [9.17, 15) is 9.59 Å². The van der Waals surface area contributed by atoms with Crippen LogP contribution in [0.4, 0.5) is 10.5 Å². The maximum absolute atomic E-state index is 12.5. The lowest BCUT2D eigenvalue weighted by atomic mass is 10.1. The van der Waals surface area contributed by atoms with Crippen molar-refractivity contribution in [2.75, 3.05) is 44.8 Å². The highest BCUT2D eigenvalue weighted by Crippen LogP contribution is 2.19. The van der Waals surface area contributed by atoms with Crippen molar-refractivity contribution in [1.82, 2.24) is 10.2 Å². The van der Waals surface area contributed by atoms with Gasteiger partial charge in [0.2, 0.25) is 5.91 Å². The normalized spacial score (nSPS) is 17.1. The summed E-state index contributed by atoms with van der Waals surface area (Å²) < 4.78 is 10.8. The number of rotatable bonds is 8. The van der Waals surface area contributed by atoms with E-state index in [1.807, 2.05) is 6.92 Å². The molecule has 1 aliphatic heterocycles. The number of carbonyl (C=O) groups excluding carboxylic acids is 2. The third-order valence-electron chi connectivity index (χ3n) is 3.78. The van der Waals surface area contributed by atoms with E-state index in [2.05, 4.69) is 10.6 Å². The minimum absolute atomic E-state index is 0.162. The molecule has 1 aromatic carbocycles. The highest BCUT2D eigenvalue weighted by molar-refractivity contribution is 5.94. The lowest BCUT2D eigenvalue weighted by molar-refractivity contribution is -0.128. The minimum atomic E-state index is -0.663. The van der Waals surface area contributed by atoms with Crippen LogP contribution in [0.3, 0.4) is 0 Å². The number of urea groups is 1. The first-order valence-corrected chi connectivity index (χ1v) is 8.42. The number of benzene rings is 1. The van der Waals surface area contributed by atoms with Gasteiger partial charge in [-0.3, -0.25) is 4.79 Å². The minimum Gasteiger partial charge on any atom is -0.491 e. The molecule has 1 heterocycles. The van der Waals surface area contributed by atoms with Crippen LogP contribution in [0.2, 0.25) is 0 Å². The molecular weight excluding hydrogens is 326 g/mol. The smallest absolute Gasteiger partial charge is 0.322 e. The second kappa shape index (κ2) is 9.85. The van der Waals surface area contributed by atoms with Crippen LogP contribution in [0, 0.1) is 0 Å². The van der Waals surface area contributed by atoms with Crippen LogP contribution in [0.1, 0.15) is 13.3 Å². The van der Waals surface area contributed by atoms with Crippen LogP contribution in [0.15, 0.2) is 24.3 Å². The number of anilines is 1. The van der Waals surface area contributed by atoms with Gasteiger partial charge in [0.15, 0.2) is 0 Å². The largest absolute Gasteiger partial charge is 0.491 e. The number of aliphatic hydroxyl groups excluding tert-OH is 1. The van der Waals surface area contributed by atoms with Crippen molar-refractivity contribution in [3.8, 4) is 5.75 Å². The average molecular weight is 351 g/mol. The summed E-state index contributed by atoms with van der Waals surface area (Å²) in [7, 11) is 0. The first kappa shape index (κ1) is 19.0.